The lowest BCUT2D eigenvalue weighted by Crippen LogP contribution is -2.17. The largest absolute Gasteiger partial charge is 0.338 e. The highest BCUT2D eigenvalue weighted by Crippen LogP contribution is 2.29. The second kappa shape index (κ2) is 7.75. The Hall–Kier alpha value is -2.68. The molecule has 0 spiro atoms. The number of amides is 1. The molecule has 0 atom stereocenters. The van der Waals surface area contributed by atoms with E-state index in [0.29, 0.717) is 27.5 Å². The van der Waals surface area contributed by atoms with E-state index in [9.17, 15) is 13.2 Å². The minimum atomic E-state index is -4.03. The van der Waals surface area contributed by atoms with Crippen LogP contribution < -0.4 is 10.5 Å². The van der Waals surface area contributed by atoms with Gasteiger partial charge in [0.25, 0.3) is 0 Å². The molecular formula is C19H19ClN4O3S. The maximum atomic E-state index is 12.3. The molecule has 3 N–H and O–H groups in total. The van der Waals surface area contributed by atoms with Crippen LogP contribution in [0, 0.1) is 6.92 Å². The number of aromatic nitrogens is 2. The van der Waals surface area contributed by atoms with E-state index in [0.717, 1.165) is 5.82 Å². The fourth-order valence-electron chi connectivity index (χ4n) is 2.76. The quantitative estimate of drug-likeness (QED) is 0.664. The normalized spacial score (nSPS) is 11.4. The molecule has 1 heterocycles. The van der Waals surface area contributed by atoms with Crippen LogP contribution in [0.25, 0.3) is 11.3 Å². The molecule has 0 saturated heterocycles. The molecule has 28 heavy (non-hydrogen) atoms. The van der Waals surface area contributed by atoms with Gasteiger partial charge in [0.2, 0.25) is 15.9 Å². The van der Waals surface area contributed by atoms with Crippen LogP contribution >= 0.6 is 11.6 Å². The summed E-state index contributed by atoms with van der Waals surface area (Å²) in [5.74, 6) is 0.405. The number of imidazole rings is 1. The average molecular weight is 419 g/mol. The summed E-state index contributed by atoms with van der Waals surface area (Å²) in [6.07, 6.45) is 1.78. The Bertz CT molecular complexity index is 1140. The summed E-state index contributed by atoms with van der Waals surface area (Å²) in [6, 6.07) is 11.5. The molecule has 9 heteroatoms. The lowest BCUT2D eigenvalue weighted by atomic mass is 10.1. The minimum absolute atomic E-state index is 0.0611. The van der Waals surface area contributed by atoms with Crippen molar-refractivity contribution < 1.29 is 13.2 Å². The first-order valence-electron chi connectivity index (χ1n) is 8.35. The van der Waals surface area contributed by atoms with E-state index in [1.54, 1.807) is 47.2 Å². The van der Waals surface area contributed by atoms with E-state index < -0.39 is 10.0 Å². The van der Waals surface area contributed by atoms with Crippen LogP contribution in [0.4, 0.5) is 5.69 Å². The van der Waals surface area contributed by atoms with E-state index >= 15 is 0 Å². The molecule has 146 valence electrons. The first-order chi connectivity index (χ1) is 13.1. The molecule has 1 amide bonds. The number of carbonyl (C=O) groups is 1. The molecule has 0 fully saturated rings. The van der Waals surface area contributed by atoms with Crippen molar-refractivity contribution in [2.24, 2.45) is 12.2 Å². The van der Waals surface area contributed by atoms with Crippen LogP contribution in [-0.2, 0) is 28.3 Å². The van der Waals surface area contributed by atoms with Gasteiger partial charge in [0.1, 0.15) is 5.82 Å². The number of rotatable bonds is 5. The second-order valence-electron chi connectivity index (χ2n) is 6.36. The first kappa shape index (κ1) is 20.1. The zero-order valence-corrected chi connectivity index (χ0v) is 16.9. The van der Waals surface area contributed by atoms with Crippen LogP contribution in [0.15, 0.2) is 53.6 Å². The van der Waals surface area contributed by atoms with Crippen molar-refractivity contribution in [1.82, 2.24) is 9.55 Å². The molecule has 3 aromatic rings. The summed E-state index contributed by atoms with van der Waals surface area (Å²) in [5, 5.41) is 8.56. The fraction of sp³-hybridized carbons (Fsp3) is 0.158. The highest BCUT2D eigenvalue weighted by Gasteiger charge is 2.19. The number of hydrogen-bond acceptors (Lipinski definition) is 4. The third-order valence-electron chi connectivity index (χ3n) is 4.27. The number of hydrogen-bond donors (Lipinski definition) is 2. The lowest BCUT2D eigenvalue weighted by molar-refractivity contribution is -0.115. The number of halogens is 1. The van der Waals surface area contributed by atoms with Gasteiger partial charge in [-0.25, -0.2) is 18.5 Å². The highest BCUT2D eigenvalue weighted by atomic mass is 35.5. The molecule has 0 saturated carbocycles. The Morgan fingerprint density at radius 3 is 2.57 bits per heavy atom. The van der Waals surface area contributed by atoms with Crippen molar-refractivity contribution in [3.8, 4) is 11.3 Å². The maximum Gasteiger partial charge on any atom is 0.238 e. The van der Waals surface area contributed by atoms with Crippen molar-refractivity contribution >= 4 is 33.2 Å². The predicted molar refractivity (Wildman–Crippen MR) is 109 cm³/mol. The molecular weight excluding hydrogens is 400 g/mol. The SMILES string of the molecule is Cc1nc(-c2ccc(NC(=O)Cc3ccccc3Cl)cc2S(N)(=O)=O)cn1C. The summed E-state index contributed by atoms with van der Waals surface area (Å²) in [5.41, 5.74) is 1.85. The monoisotopic (exact) mass is 418 g/mol. The first-order valence-corrected chi connectivity index (χ1v) is 10.3. The number of primary sulfonamides is 1. The van der Waals surface area contributed by atoms with E-state index in [1.807, 2.05) is 14.0 Å². The van der Waals surface area contributed by atoms with Crippen LogP contribution in [0.5, 0.6) is 0 Å². The van der Waals surface area contributed by atoms with Gasteiger partial charge in [0.15, 0.2) is 0 Å². The topological polar surface area (TPSA) is 107 Å². The van der Waals surface area contributed by atoms with E-state index in [2.05, 4.69) is 10.3 Å². The van der Waals surface area contributed by atoms with Gasteiger partial charge in [-0.3, -0.25) is 4.79 Å². The average Bonchev–Trinajstić information content (AvgIpc) is 2.95. The molecule has 0 aliphatic heterocycles. The second-order valence-corrected chi connectivity index (χ2v) is 8.29. The minimum Gasteiger partial charge on any atom is -0.338 e. The van der Waals surface area contributed by atoms with Gasteiger partial charge in [-0.05, 0) is 36.8 Å². The summed E-state index contributed by atoms with van der Waals surface area (Å²) >= 11 is 6.07. The number of nitrogens with one attached hydrogen (secondary N) is 1. The molecule has 2 aromatic carbocycles. The fourth-order valence-corrected chi connectivity index (χ4v) is 3.73. The standard InChI is InChI=1S/C19H19ClN4O3S/c1-12-22-17(11-24(12)2)15-8-7-14(10-18(15)28(21,26)27)23-19(25)9-13-5-3-4-6-16(13)20/h3-8,10-11H,9H2,1-2H3,(H,23,25)(H2,21,26,27). The molecule has 0 unspecified atom stereocenters. The van der Waals surface area contributed by atoms with E-state index in [1.165, 1.54) is 6.07 Å². The molecule has 7 nitrogen and oxygen atoms in total. The van der Waals surface area contributed by atoms with E-state index in [4.69, 9.17) is 16.7 Å². The van der Waals surface area contributed by atoms with Crippen molar-refractivity contribution in [1.29, 1.82) is 0 Å². The smallest absolute Gasteiger partial charge is 0.238 e. The zero-order chi connectivity index (χ0) is 20.5. The predicted octanol–water partition coefficient (Wildman–Crippen LogP) is 2.88. The van der Waals surface area contributed by atoms with Crippen LogP contribution in [0.1, 0.15) is 11.4 Å². The van der Waals surface area contributed by atoms with Crippen molar-refractivity contribution in [2.75, 3.05) is 5.32 Å². The van der Waals surface area contributed by atoms with Gasteiger partial charge in [0.05, 0.1) is 17.0 Å². The van der Waals surface area contributed by atoms with Crippen molar-refractivity contribution in [3.63, 3.8) is 0 Å². The number of carbonyl (C=O) groups excluding carboxylic acids is 1. The number of aryl methyl sites for hydroxylation is 2. The van der Waals surface area contributed by atoms with Crippen LogP contribution in [-0.4, -0.2) is 23.9 Å². The van der Waals surface area contributed by atoms with Crippen molar-refractivity contribution in [2.45, 2.75) is 18.2 Å². The van der Waals surface area contributed by atoms with Crippen LogP contribution in [0.2, 0.25) is 5.02 Å². The lowest BCUT2D eigenvalue weighted by Gasteiger charge is -2.11. The Balaban J connectivity index is 1.91. The number of benzene rings is 2. The Morgan fingerprint density at radius 2 is 1.96 bits per heavy atom. The van der Waals surface area contributed by atoms with Gasteiger partial charge in [-0.1, -0.05) is 29.8 Å². The van der Waals surface area contributed by atoms with Gasteiger partial charge < -0.3 is 9.88 Å². The Labute approximate surface area is 168 Å². The number of nitrogens with two attached hydrogens (primary N) is 1. The van der Waals surface area contributed by atoms with Crippen LogP contribution in [0.3, 0.4) is 0 Å². The molecule has 1 aromatic heterocycles. The molecule has 0 radical (unpaired) electrons. The molecule has 3 rings (SSSR count). The van der Waals surface area contributed by atoms with Gasteiger partial charge in [-0.2, -0.15) is 0 Å². The molecule has 0 aliphatic carbocycles. The summed E-state index contributed by atoms with van der Waals surface area (Å²) in [7, 11) is -2.22. The highest BCUT2D eigenvalue weighted by molar-refractivity contribution is 7.89. The summed E-state index contributed by atoms with van der Waals surface area (Å²) in [4.78, 5) is 16.6. The zero-order valence-electron chi connectivity index (χ0n) is 15.3. The third-order valence-corrected chi connectivity index (χ3v) is 5.58. The van der Waals surface area contributed by atoms with Crippen molar-refractivity contribution in [3.05, 3.63) is 65.1 Å². The number of nitrogens with zero attached hydrogens (tertiary/aromatic N) is 2. The number of anilines is 1. The number of sulfonamides is 1. The Morgan fingerprint density at radius 1 is 1.25 bits per heavy atom. The third kappa shape index (κ3) is 4.41. The summed E-state index contributed by atoms with van der Waals surface area (Å²) < 4.78 is 26.0. The molecule has 0 bridgehead atoms. The van der Waals surface area contributed by atoms with Gasteiger partial charge in [0, 0.05) is 29.5 Å². The molecule has 0 aliphatic rings. The Kier molecular flexibility index (Phi) is 5.55. The van der Waals surface area contributed by atoms with Gasteiger partial charge >= 0.3 is 0 Å². The van der Waals surface area contributed by atoms with Gasteiger partial charge in [-0.15, -0.1) is 0 Å². The maximum absolute atomic E-state index is 12.3. The summed E-state index contributed by atoms with van der Waals surface area (Å²) in [6.45, 7) is 1.81. The van der Waals surface area contributed by atoms with E-state index in [-0.39, 0.29) is 17.2 Å².